The van der Waals surface area contributed by atoms with Gasteiger partial charge in [-0.15, -0.1) is 0 Å². The third-order valence-electron chi connectivity index (χ3n) is 4.42. The van der Waals surface area contributed by atoms with Gasteiger partial charge in [0.1, 0.15) is 5.69 Å². The summed E-state index contributed by atoms with van der Waals surface area (Å²) in [5.74, 6) is -0.391. The molecule has 148 valence electrons. The zero-order valence-corrected chi connectivity index (χ0v) is 16.6. The van der Waals surface area contributed by atoms with E-state index in [1.165, 1.54) is 12.7 Å². The molecular formula is C23H23N3O3. The molecule has 0 aliphatic rings. The predicted octanol–water partition coefficient (Wildman–Crippen LogP) is 4.99. The minimum Gasteiger partial charge on any atom is -0.465 e. The maximum absolute atomic E-state index is 12.6. The van der Waals surface area contributed by atoms with Crippen molar-refractivity contribution in [2.45, 2.75) is 19.8 Å². The van der Waals surface area contributed by atoms with Crippen molar-refractivity contribution in [1.82, 2.24) is 4.98 Å². The third-order valence-corrected chi connectivity index (χ3v) is 4.42. The molecule has 0 aliphatic carbocycles. The maximum Gasteiger partial charge on any atom is 0.337 e. The Morgan fingerprint density at radius 2 is 1.69 bits per heavy atom. The van der Waals surface area contributed by atoms with Gasteiger partial charge in [-0.3, -0.25) is 9.78 Å². The van der Waals surface area contributed by atoms with Gasteiger partial charge in [0, 0.05) is 23.3 Å². The number of nitrogens with one attached hydrogen (secondary N) is 2. The van der Waals surface area contributed by atoms with Crippen molar-refractivity contribution in [3.05, 3.63) is 83.7 Å². The van der Waals surface area contributed by atoms with E-state index < -0.39 is 5.97 Å². The van der Waals surface area contributed by atoms with Crippen LogP contribution in [0.25, 0.3) is 0 Å². The van der Waals surface area contributed by atoms with Crippen LogP contribution in [0.4, 0.5) is 17.1 Å². The Labute approximate surface area is 169 Å². The summed E-state index contributed by atoms with van der Waals surface area (Å²) < 4.78 is 4.67. The SMILES string of the molecule is COC(=O)c1ccc(NC(=O)c2cc(Nc3ccccc3C(C)C)ccn2)cc1. The first-order valence-corrected chi connectivity index (χ1v) is 9.29. The minimum absolute atomic E-state index is 0.286. The molecule has 1 aromatic heterocycles. The number of ether oxygens (including phenoxy) is 1. The summed E-state index contributed by atoms with van der Waals surface area (Å²) in [5, 5.41) is 6.15. The number of anilines is 3. The summed E-state index contributed by atoms with van der Waals surface area (Å²) in [7, 11) is 1.32. The number of rotatable bonds is 6. The summed E-state index contributed by atoms with van der Waals surface area (Å²) >= 11 is 0. The number of nitrogens with zero attached hydrogens (tertiary/aromatic N) is 1. The molecule has 2 aromatic carbocycles. The standard InChI is InChI=1S/C23H23N3O3/c1-15(2)19-6-4-5-7-20(19)25-18-12-13-24-21(14-18)22(27)26-17-10-8-16(9-11-17)23(28)29-3/h4-15H,1-3H3,(H,24,25)(H,26,27). The van der Waals surface area contributed by atoms with Gasteiger partial charge in [-0.2, -0.15) is 0 Å². The smallest absolute Gasteiger partial charge is 0.337 e. The van der Waals surface area contributed by atoms with Crippen molar-refractivity contribution in [3.63, 3.8) is 0 Å². The molecule has 0 bridgehead atoms. The van der Waals surface area contributed by atoms with Crippen molar-refractivity contribution in [2.75, 3.05) is 17.7 Å². The van der Waals surface area contributed by atoms with Gasteiger partial charge in [-0.1, -0.05) is 32.0 Å². The van der Waals surface area contributed by atoms with E-state index in [9.17, 15) is 9.59 Å². The van der Waals surface area contributed by atoms with Crippen LogP contribution in [-0.4, -0.2) is 24.0 Å². The Balaban J connectivity index is 1.74. The van der Waals surface area contributed by atoms with Crippen molar-refractivity contribution in [1.29, 1.82) is 0 Å². The van der Waals surface area contributed by atoms with Crippen molar-refractivity contribution < 1.29 is 14.3 Å². The number of hydrogen-bond donors (Lipinski definition) is 2. The van der Waals surface area contributed by atoms with Crippen molar-refractivity contribution >= 4 is 28.9 Å². The molecule has 3 rings (SSSR count). The summed E-state index contributed by atoms with van der Waals surface area (Å²) in [5.41, 5.74) is 4.24. The van der Waals surface area contributed by atoms with Gasteiger partial charge in [0.2, 0.25) is 0 Å². The van der Waals surface area contributed by atoms with Crippen LogP contribution in [0, 0.1) is 0 Å². The highest BCUT2D eigenvalue weighted by Gasteiger charge is 2.11. The first-order valence-electron chi connectivity index (χ1n) is 9.29. The van der Waals surface area contributed by atoms with E-state index in [0.29, 0.717) is 17.2 Å². The Kier molecular flexibility index (Phi) is 6.24. The number of pyridine rings is 1. The molecule has 0 saturated heterocycles. The van der Waals surface area contributed by atoms with Crippen LogP contribution in [0.15, 0.2) is 66.9 Å². The maximum atomic E-state index is 12.6. The van der Waals surface area contributed by atoms with Crippen LogP contribution in [0.1, 0.15) is 46.2 Å². The third kappa shape index (κ3) is 4.99. The largest absolute Gasteiger partial charge is 0.465 e. The van der Waals surface area contributed by atoms with Gasteiger partial charge in [0.25, 0.3) is 5.91 Å². The molecule has 6 heteroatoms. The molecule has 3 aromatic rings. The summed E-state index contributed by atoms with van der Waals surface area (Å²) in [6.07, 6.45) is 1.59. The van der Waals surface area contributed by atoms with Crippen LogP contribution >= 0.6 is 0 Å². The lowest BCUT2D eigenvalue weighted by atomic mass is 10.0. The quantitative estimate of drug-likeness (QED) is 0.581. The van der Waals surface area contributed by atoms with E-state index in [0.717, 1.165) is 11.4 Å². The first-order chi connectivity index (χ1) is 14.0. The number of aromatic nitrogens is 1. The molecule has 0 spiro atoms. The fourth-order valence-corrected chi connectivity index (χ4v) is 2.90. The monoisotopic (exact) mass is 389 g/mol. The Morgan fingerprint density at radius 3 is 2.38 bits per heavy atom. The highest BCUT2D eigenvalue weighted by atomic mass is 16.5. The summed E-state index contributed by atoms with van der Waals surface area (Å²) in [4.78, 5) is 28.2. The number of benzene rings is 2. The van der Waals surface area contributed by atoms with E-state index >= 15 is 0 Å². The molecule has 2 N–H and O–H groups in total. The first kappa shape index (κ1) is 20.1. The number of hydrogen-bond acceptors (Lipinski definition) is 5. The molecule has 0 radical (unpaired) electrons. The van der Waals surface area contributed by atoms with Crippen LogP contribution in [-0.2, 0) is 4.74 Å². The topological polar surface area (TPSA) is 80.3 Å². The summed E-state index contributed by atoms with van der Waals surface area (Å²) in [6.45, 7) is 4.27. The van der Waals surface area contributed by atoms with E-state index in [4.69, 9.17) is 0 Å². The van der Waals surface area contributed by atoms with Gasteiger partial charge in [0.15, 0.2) is 0 Å². The minimum atomic E-state index is -0.426. The molecule has 1 amide bonds. The molecule has 29 heavy (non-hydrogen) atoms. The zero-order chi connectivity index (χ0) is 20.8. The molecular weight excluding hydrogens is 366 g/mol. The second-order valence-electron chi connectivity index (χ2n) is 6.82. The molecule has 0 aliphatic heterocycles. The second kappa shape index (κ2) is 9.01. The number of methoxy groups -OCH3 is 1. The lowest BCUT2D eigenvalue weighted by Crippen LogP contribution is -2.14. The second-order valence-corrected chi connectivity index (χ2v) is 6.82. The molecule has 0 fully saturated rings. The lowest BCUT2D eigenvalue weighted by molar-refractivity contribution is 0.0600. The average molecular weight is 389 g/mol. The van der Waals surface area contributed by atoms with Crippen LogP contribution < -0.4 is 10.6 Å². The molecule has 6 nitrogen and oxygen atoms in total. The predicted molar refractivity (Wildman–Crippen MR) is 114 cm³/mol. The number of esters is 1. The van der Waals surface area contributed by atoms with Gasteiger partial charge < -0.3 is 15.4 Å². The van der Waals surface area contributed by atoms with E-state index in [-0.39, 0.29) is 11.6 Å². The highest BCUT2D eigenvalue weighted by molar-refractivity contribution is 6.03. The Morgan fingerprint density at radius 1 is 0.966 bits per heavy atom. The molecule has 0 saturated carbocycles. The van der Waals surface area contributed by atoms with Crippen LogP contribution in [0.5, 0.6) is 0 Å². The summed E-state index contributed by atoms with van der Waals surface area (Å²) in [6, 6.07) is 18.1. The molecule has 1 heterocycles. The number of amides is 1. The van der Waals surface area contributed by atoms with E-state index in [1.807, 2.05) is 24.3 Å². The van der Waals surface area contributed by atoms with E-state index in [1.54, 1.807) is 36.5 Å². The normalized spacial score (nSPS) is 10.5. The number of para-hydroxylation sites is 1. The molecule has 0 unspecified atom stereocenters. The van der Waals surface area contributed by atoms with Crippen LogP contribution in [0.2, 0.25) is 0 Å². The Hall–Kier alpha value is -3.67. The van der Waals surface area contributed by atoms with Gasteiger partial charge in [-0.05, 0) is 53.9 Å². The molecule has 0 atom stereocenters. The lowest BCUT2D eigenvalue weighted by Gasteiger charge is -2.15. The fourth-order valence-electron chi connectivity index (χ4n) is 2.90. The van der Waals surface area contributed by atoms with Crippen molar-refractivity contribution in [3.8, 4) is 0 Å². The van der Waals surface area contributed by atoms with Crippen molar-refractivity contribution in [2.24, 2.45) is 0 Å². The Bertz CT molecular complexity index is 1010. The number of carbonyl (C=O) groups is 2. The van der Waals surface area contributed by atoms with Gasteiger partial charge in [0.05, 0.1) is 12.7 Å². The van der Waals surface area contributed by atoms with Crippen LogP contribution in [0.3, 0.4) is 0 Å². The number of carbonyl (C=O) groups excluding carboxylic acids is 2. The van der Waals surface area contributed by atoms with E-state index in [2.05, 4.69) is 40.3 Å². The highest BCUT2D eigenvalue weighted by Crippen LogP contribution is 2.27. The van der Waals surface area contributed by atoms with Gasteiger partial charge >= 0.3 is 5.97 Å². The average Bonchev–Trinajstić information content (AvgIpc) is 2.74. The van der Waals surface area contributed by atoms with Gasteiger partial charge in [-0.25, -0.2) is 4.79 Å². The zero-order valence-electron chi connectivity index (χ0n) is 16.6. The fraction of sp³-hybridized carbons (Fsp3) is 0.174.